The molecule has 0 aliphatic heterocycles. The van der Waals surface area contributed by atoms with Crippen LogP contribution in [0.2, 0.25) is 0 Å². The van der Waals surface area contributed by atoms with Crippen molar-refractivity contribution in [3.63, 3.8) is 0 Å². The minimum atomic E-state index is -0.250. The minimum Gasteiger partial charge on any atom is -0.483 e. The molecule has 0 fully saturated rings. The van der Waals surface area contributed by atoms with E-state index in [1.165, 1.54) is 0 Å². The Kier molecular flexibility index (Phi) is 23.5. The summed E-state index contributed by atoms with van der Waals surface area (Å²) in [5.41, 5.74) is 0. The second-order valence-electron chi connectivity index (χ2n) is 1.26. The van der Waals surface area contributed by atoms with Gasteiger partial charge in [-0.15, -0.1) is 0 Å². The van der Waals surface area contributed by atoms with Gasteiger partial charge in [-0.25, -0.2) is 0 Å². The minimum absolute atomic E-state index is 0. The van der Waals surface area contributed by atoms with Gasteiger partial charge in [-0.2, -0.15) is 0 Å². The van der Waals surface area contributed by atoms with E-state index in [0.717, 1.165) is 0 Å². The van der Waals surface area contributed by atoms with Crippen LogP contribution in [0.15, 0.2) is 36.4 Å². The molecule has 11 heavy (non-hydrogen) atoms. The second-order valence-corrected chi connectivity index (χ2v) is 1.26. The van der Waals surface area contributed by atoms with Crippen molar-refractivity contribution in [1.29, 1.82) is 0 Å². The van der Waals surface area contributed by atoms with Gasteiger partial charge in [-0.3, -0.25) is 4.79 Å². The Bertz CT molecular complexity index is 117. The quantitative estimate of drug-likeness (QED) is 0.545. The average molecular weight is 159 g/mol. The Morgan fingerprint density at radius 3 is 1.09 bits per heavy atom. The molecule has 4 heteroatoms. The van der Waals surface area contributed by atoms with Gasteiger partial charge < -0.3 is 16.7 Å². The molecule has 0 saturated carbocycles. The maximum absolute atomic E-state index is 8.36. The summed E-state index contributed by atoms with van der Waals surface area (Å²) in [6.45, 7) is -0.250. The summed E-state index contributed by atoms with van der Waals surface area (Å²) in [6.07, 6.45) is 0. The molecule has 0 amide bonds. The summed E-state index contributed by atoms with van der Waals surface area (Å²) < 4.78 is 0. The highest BCUT2D eigenvalue weighted by Crippen LogP contribution is 1.79. The number of rotatable bonds is 0. The van der Waals surface area contributed by atoms with Gasteiger partial charge in [-0.05, 0) is 0 Å². The molecule has 0 aliphatic carbocycles. The Hall–Kier alpha value is -1.39. The summed E-state index contributed by atoms with van der Waals surface area (Å²) in [7, 11) is 0. The molecular weight excluding hydrogens is 146 g/mol. The van der Waals surface area contributed by atoms with Gasteiger partial charge in [0.15, 0.2) is 0 Å². The van der Waals surface area contributed by atoms with Gasteiger partial charge in [0.1, 0.15) is 0 Å². The molecule has 0 spiro atoms. The molecule has 1 aromatic carbocycles. The lowest BCUT2D eigenvalue weighted by molar-refractivity contribution is -0.122. The van der Waals surface area contributed by atoms with Crippen molar-refractivity contribution in [1.82, 2.24) is 6.15 Å². The van der Waals surface area contributed by atoms with Crippen LogP contribution in [0.3, 0.4) is 0 Å². The van der Waals surface area contributed by atoms with Gasteiger partial charge in [-0.1, -0.05) is 36.4 Å². The van der Waals surface area contributed by atoms with Crippen LogP contribution in [-0.4, -0.2) is 17.1 Å². The summed E-state index contributed by atoms with van der Waals surface area (Å²) >= 11 is 0. The van der Waals surface area contributed by atoms with Crippen molar-refractivity contribution in [2.75, 3.05) is 0 Å². The predicted molar refractivity (Wildman–Crippen MR) is 43.8 cm³/mol. The molecule has 0 heterocycles. The normalized spacial score (nSPS) is 5.45. The fourth-order valence-electron chi connectivity index (χ4n) is 0.385. The van der Waals surface area contributed by atoms with Crippen molar-refractivity contribution in [3.8, 4) is 0 Å². The van der Waals surface area contributed by atoms with Gasteiger partial charge in [0.05, 0.1) is 0 Å². The first kappa shape index (κ1) is 16.3. The fourth-order valence-corrected chi connectivity index (χ4v) is 0.385. The van der Waals surface area contributed by atoms with E-state index < -0.39 is 0 Å². The summed E-state index contributed by atoms with van der Waals surface area (Å²) in [4.78, 5) is 8.36. The van der Waals surface area contributed by atoms with E-state index in [1.807, 2.05) is 36.4 Å². The number of carboxylic acid groups (broad SMARTS) is 1. The van der Waals surface area contributed by atoms with E-state index in [9.17, 15) is 0 Å². The van der Waals surface area contributed by atoms with Crippen LogP contribution in [0.1, 0.15) is 0 Å². The fraction of sp³-hybridized carbons (Fsp3) is 0. The van der Waals surface area contributed by atoms with Crippen LogP contribution < -0.4 is 6.15 Å². The van der Waals surface area contributed by atoms with Crippen LogP contribution >= 0.6 is 0 Å². The first-order chi connectivity index (χ1) is 4.41. The Labute approximate surface area is 65.4 Å². The standard InChI is InChI=1S/C6H6.CH2O2.H3N.H2O/c1-2-4-6-5-3-1;2-1-3;;/h1-6H;1H,(H,2,3);1H3;1H2. The zero-order chi connectivity index (χ0) is 6.95. The monoisotopic (exact) mass is 159 g/mol. The lowest BCUT2D eigenvalue weighted by Crippen LogP contribution is -1.49. The number of carbonyl (C=O) groups is 1. The lowest BCUT2D eigenvalue weighted by atomic mass is 10.4. The SMILES string of the molecule is N.O.O=CO.c1ccccc1. The van der Waals surface area contributed by atoms with Crippen molar-refractivity contribution in [2.45, 2.75) is 0 Å². The van der Waals surface area contributed by atoms with E-state index in [1.54, 1.807) is 0 Å². The van der Waals surface area contributed by atoms with Gasteiger partial charge in [0.2, 0.25) is 0 Å². The van der Waals surface area contributed by atoms with Crippen LogP contribution in [-0.2, 0) is 4.79 Å². The second kappa shape index (κ2) is 15.8. The van der Waals surface area contributed by atoms with Crippen LogP contribution in [0, 0.1) is 0 Å². The van der Waals surface area contributed by atoms with Gasteiger partial charge in [0, 0.05) is 0 Å². The van der Waals surface area contributed by atoms with Crippen molar-refractivity contribution >= 4 is 6.47 Å². The number of hydrogen-bond donors (Lipinski definition) is 2. The number of hydrogen-bond acceptors (Lipinski definition) is 2. The third-order valence-electron chi connectivity index (χ3n) is 0.667. The molecule has 0 atom stereocenters. The summed E-state index contributed by atoms with van der Waals surface area (Å²) in [5, 5.41) is 6.89. The Balaban J connectivity index is -0.000000116. The zero-order valence-corrected chi connectivity index (χ0v) is 6.10. The van der Waals surface area contributed by atoms with Crippen molar-refractivity contribution in [3.05, 3.63) is 36.4 Å². The molecule has 0 bridgehead atoms. The highest BCUT2D eigenvalue weighted by atomic mass is 16.3. The van der Waals surface area contributed by atoms with E-state index >= 15 is 0 Å². The molecule has 0 saturated heterocycles. The molecule has 0 aliphatic rings. The van der Waals surface area contributed by atoms with E-state index in [-0.39, 0.29) is 18.1 Å². The largest absolute Gasteiger partial charge is 0.483 e. The third-order valence-corrected chi connectivity index (χ3v) is 0.667. The molecule has 1 rings (SSSR count). The van der Waals surface area contributed by atoms with Crippen LogP contribution in [0.5, 0.6) is 0 Å². The topological polar surface area (TPSA) is 104 Å². The summed E-state index contributed by atoms with van der Waals surface area (Å²) in [5.74, 6) is 0. The summed E-state index contributed by atoms with van der Waals surface area (Å²) in [6, 6.07) is 12.0. The smallest absolute Gasteiger partial charge is 0.290 e. The van der Waals surface area contributed by atoms with Gasteiger partial charge >= 0.3 is 0 Å². The first-order valence-corrected chi connectivity index (χ1v) is 2.49. The Morgan fingerprint density at radius 2 is 1.00 bits per heavy atom. The average Bonchev–Trinajstić information content (AvgIpc) is 1.93. The van der Waals surface area contributed by atoms with E-state index in [0.29, 0.717) is 0 Å². The van der Waals surface area contributed by atoms with Crippen LogP contribution in [0.4, 0.5) is 0 Å². The first-order valence-electron chi connectivity index (χ1n) is 2.49. The van der Waals surface area contributed by atoms with Crippen LogP contribution in [0.25, 0.3) is 0 Å². The van der Waals surface area contributed by atoms with Crippen molar-refractivity contribution < 1.29 is 15.4 Å². The molecular formula is C7H13NO3. The zero-order valence-electron chi connectivity index (χ0n) is 6.10. The lowest BCUT2D eigenvalue weighted by Gasteiger charge is -1.69. The van der Waals surface area contributed by atoms with E-state index in [2.05, 4.69) is 0 Å². The van der Waals surface area contributed by atoms with E-state index in [4.69, 9.17) is 9.90 Å². The Morgan fingerprint density at radius 1 is 0.909 bits per heavy atom. The maximum atomic E-state index is 8.36. The molecule has 1 aromatic rings. The molecule has 0 aromatic heterocycles. The third kappa shape index (κ3) is 17.7. The molecule has 0 radical (unpaired) electrons. The molecule has 0 unspecified atom stereocenters. The molecule has 6 N–H and O–H groups in total. The maximum Gasteiger partial charge on any atom is 0.290 e. The highest BCUT2D eigenvalue weighted by molar-refractivity contribution is 5.32. The molecule has 4 nitrogen and oxygen atoms in total. The number of benzene rings is 1. The van der Waals surface area contributed by atoms with Gasteiger partial charge in [0.25, 0.3) is 6.47 Å². The molecule has 64 valence electrons. The highest BCUT2D eigenvalue weighted by Gasteiger charge is 1.57. The predicted octanol–water partition coefficient (Wildman–Crippen LogP) is 0.725. The van der Waals surface area contributed by atoms with Crippen molar-refractivity contribution in [2.24, 2.45) is 0 Å².